The molecular formula is C11H12N4OS. The van der Waals surface area contributed by atoms with Gasteiger partial charge in [0.1, 0.15) is 5.01 Å². The average Bonchev–Trinajstić information content (AvgIpc) is 2.73. The summed E-state index contributed by atoms with van der Waals surface area (Å²) in [6.45, 7) is 4.13. The Balaban J connectivity index is 1.97. The summed E-state index contributed by atoms with van der Waals surface area (Å²) in [6, 6.07) is 5.71. The van der Waals surface area contributed by atoms with Gasteiger partial charge in [-0.2, -0.15) is 0 Å². The zero-order valence-corrected chi connectivity index (χ0v) is 10.4. The summed E-state index contributed by atoms with van der Waals surface area (Å²) in [7, 11) is 0. The first kappa shape index (κ1) is 11.7. The number of amides is 1. The number of nitrogens with zero attached hydrogens (tertiary/aromatic N) is 3. The highest BCUT2D eigenvalue weighted by atomic mass is 32.1. The Kier molecular flexibility index (Phi) is 3.43. The van der Waals surface area contributed by atoms with Crippen LogP contribution in [0.3, 0.4) is 0 Å². The number of nitrogens with one attached hydrogen (secondary N) is 1. The predicted octanol–water partition coefficient (Wildman–Crippen LogP) is 1.48. The van der Waals surface area contributed by atoms with Gasteiger partial charge in [-0.25, -0.2) is 0 Å². The number of carbonyl (C=O) groups excluding carboxylic acids is 1. The Bertz CT molecular complexity index is 538. The second-order valence-electron chi connectivity index (χ2n) is 3.58. The van der Waals surface area contributed by atoms with E-state index in [1.807, 2.05) is 32.0 Å². The molecule has 2 rings (SSSR count). The molecule has 17 heavy (non-hydrogen) atoms. The Morgan fingerprint density at radius 3 is 2.82 bits per heavy atom. The summed E-state index contributed by atoms with van der Waals surface area (Å²) in [6.07, 6.45) is 0. The second kappa shape index (κ2) is 5.01. The highest BCUT2D eigenvalue weighted by Gasteiger charge is 2.10. The lowest BCUT2D eigenvalue weighted by Crippen LogP contribution is -2.23. The van der Waals surface area contributed by atoms with Crippen molar-refractivity contribution in [2.45, 2.75) is 20.4 Å². The zero-order chi connectivity index (χ0) is 12.3. The van der Waals surface area contributed by atoms with Crippen LogP contribution in [0.4, 0.5) is 0 Å². The number of carbonyl (C=O) groups is 1. The molecule has 0 unspecified atom stereocenters. The summed E-state index contributed by atoms with van der Waals surface area (Å²) in [5.74, 6) is -0.209. The number of hydrogen-bond acceptors (Lipinski definition) is 5. The van der Waals surface area contributed by atoms with Crippen molar-refractivity contribution < 1.29 is 4.79 Å². The van der Waals surface area contributed by atoms with Crippen LogP contribution in [-0.2, 0) is 6.54 Å². The van der Waals surface area contributed by atoms with Crippen LogP contribution >= 0.6 is 11.3 Å². The maximum Gasteiger partial charge on any atom is 0.282 e. The fourth-order valence-electron chi connectivity index (χ4n) is 1.33. The largest absolute Gasteiger partial charge is 0.344 e. The topological polar surface area (TPSA) is 67.8 Å². The molecular weight excluding hydrogens is 236 g/mol. The third-order valence-corrected chi connectivity index (χ3v) is 2.93. The lowest BCUT2D eigenvalue weighted by atomic mass is 10.3. The number of aromatic nitrogens is 3. The Hall–Kier alpha value is -1.82. The first-order valence-corrected chi connectivity index (χ1v) is 5.97. The van der Waals surface area contributed by atoms with Gasteiger partial charge in [-0.3, -0.25) is 9.78 Å². The van der Waals surface area contributed by atoms with Gasteiger partial charge in [0.25, 0.3) is 5.91 Å². The molecule has 1 N–H and O–H groups in total. The van der Waals surface area contributed by atoms with Crippen LogP contribution in [0.25, 0.3) is 0 Å². The molecule has 2 heterocycles. The van der Waals surface area contributed by atoms with Crippen LogP contribution in [0, 0.1) is 13.8 Å². The van der Waals surface area contributed by atoms with Crippen LogP contribution in [0.15, 0.2) is 18.2 Å². The second-order valence-corrected chi connectivity index (χ2v) is 4.76. The Morgan fingerprint density at radius 2 is 2.18 bits per heavy atom. The van der Waals surface area contributed by atoms with E-state index in [2.05, 4.69) is 20.5 Å². The van der Waals surface area contributed by atoms with Crippen molar-refractivity contribution in [3.05, 3.63) is 39.6 Å². The lowest BCUT2D eigenvalue weighted by Gasteiger charge is -2.02. The van der Waals surface area contributed by atoms with Crippen LogP contribution in [-0.4, -0.2) is 21.1 Å². The molecule has 5 nitrogen and oxygen atoms in total. The minimum atomic E-state index is -0.209. The summed E-state index contributed by atoms with van der Waals surface area (Å²) >= 11 is 1.28. The number of hydrogen-bond donors (Lipinski definition) is 1. The maximum absolute atomic E-state index is 11.7. The van der Waals surface area contributed by atoms with E-state index < -0.39 is 0 Å². The van der Waals surface area contributed by atoms with Crippen molar-refractivity contribution >= 4 is 17.2 Å². The molecule has 0 aliphatic heterocycles. The highest BCUT2D eigenvalue weighted by molar-refractivity contribution is 7.13. The summed E-state index contributed by atoms with van der Waals surface area (Å²) in [4.78, 5) is 16.0. The van der Waals surface area contributed by atoms with E-state index in [0.717, 1.165) is 16.4 Å². The average molecular weight is 248 g/mol. The molecule has 2 aromatic rings. The van der Waals surface area contributed by atoms with Gasteiger partial charge >= 0.3 is 0 Å². The lowest BCUT2D eigenvalue weighted by molar-refractivity contribution is 0.0949. The molecule has 0 spiro atoms. The van der Waals surface area contributed by atoms with E-state index in [0.29, 0.717) is 11.6 Å². The first-order chi connectivity index (χ1) is 8.15. The van der Waals surface area contributed by atoms with E-state index in [9.17, 15) is 4.79 Å². The number of pyridine rings is 1. The monoisotopic (exact) mass is 248 g/mol. The summed E-state index contributed by atoms with van der Waals surface area (Å²) < 4.78 is 0. The third-order valence-electron chi connectivity index (χ3n) is 2.10. The van der Waals surface area contributed by atoms with Crippen molar-refractivity contribution in [1.29, 1.82) is 0 Å². The predicted molar refractivity (Wildman–Crippen MR) is 64.8 cm³/mol. The molecule has 0 bridgehead atoms. The highest BCUT2D eigenvalue weighted by Crippen LogP contribution is 2.07. The molecule has 6 heteroatoms. The van der Waals surface area contributed by atoms with Gasteiger partial charge in [-0.05, 0) is 26.0 Å². The van der Waals surface area contributed by atoms with Crippen molar-refractivity contribution in [2.24, 2.45) is 0 Å². The van der Waals surface area contributed by atoms with E-state index in [1.165, 1.54) is 11.3 Å². The molecule has 0 fully saturated rings. The van der Waals surface area contributed by atoms with E-state index in [-0.39, 0.29) is 5.91 Å². The van der Waals surface area contributed by atoms with Crippen molar-refractivity contribution in [2.75, 3.05) is 0 Å². The third kappa shape index (κ3) is 3.07. The molecule has 1 amide bonds. The normalized spacial score (nSPS) is 10.2. The van der Waals surface area contributed by atoms with Gasteiger partial charge in [0.15, 0.2) is 0 Å². The fourth-order valence-corrected chi connectivity index (χ4v) is 1.94. The quantitative estimate of drug-likeness (QED) is 0.893. The van der Waals surface area contributed by atoms with Crippen LogP contribution in [0.2, 0.25) is 0 Å². The Morgan fingerprint density at radius 1 is 1.35 bits per heavy atom. The van der Waals surface area contributed by atoms with E-state index in [4.69, 9.17) is 0 Å². The zero-order valence-electron chi connectivity index (χ0n) is 9.60. The van der Waals surface area contributed by atoms with Crippen LogP contribution in [0.1, 0.15) is 26.2 Å². The smallest absolute Gasteiger partial charge is 0.282 e. The first-order valence-electron chi connectivity index (χ1n) is 5.16. The van der Waals surface area contributed by atoms with E-state index >= 15 is 0 Å². The van der Waals surface area contributed by atoms with Crippen LogP contribution in [0.5, 0.6) is 0 Å². The minimum absolute atomic E-state index is 0.209. The Labute approximate surface area is 103 Å². The molecule has 0 aliphatic rings. The molecule has 88 valence electrons. The fraction of sp³-hybridized carbons (Fsp3) is 0.273. The molecule has 0 atom stereocenters. The van der Waals surface area contributed by atoms with Gasteiger partial charge < -0.3 is 5.32 Å². The minimum Gasteiger partial charge on any atom is -0.344 e. The van der Waals surface area contributed by atoms with Crippen molar-refractivity contribution in [3.8, 4) is 0 Å². The van der Waals surface area contributed by atoms with Gasteiger partial charge in [0, 0.05) is 5.69 Å². The SMILES string of the molecule is Cc1cccc(CNC(=O)c2nnc(C)s2)n1. The summed E-state index contributed by atoms with van der Waals surface area (Å²) in [5.41, 5.74) is 1.77. The maximum atomic E-state index is 11.7. The van der Waals surface area contributed by atoms with Crippen molar-refractivity contribution in [3.63, 3.8) is 0 Å². The van der Waals surface area contributed by atoms with Gasteiger partial charge in [-0.1, -0.05) is 17.4 Å². The van der Waals surface area contributed by atoms with Gasteiger partial charge in [0.05, 0.1) is 12.2 Å². The van der Waals surface area contributed by atoms with E-state index in [1.54, 1.807) is 0 Å². The van der Waals surface area contributed by atoms with Gasteiger partial charge in [-0.15, -0.1) is 10.2 Å². The van der Waals surface area contributed by atoms with Crippen molar-refractivity contribution in [1.82, 2.24) is 20.5 Å². The summed E-state index contributed by atoms with van der Waals surface area (Å²) in [5, 5.41) is 11.5. The molecule has 0 aliphatic carbocycles. The molecule has 0 aromatic carbocycles. The standard InChI is InChI=1S/C11H12N4OS/c1-7-4-3-5-9(13-7)6-12-10(16)11-15-14-8(2)17-11/h3-5H,6H2,1-2H3,(H,12,16). The molecule has 2 aromatic heterocycles. The molecule has 0 radical (unpaired) electrons. The van der Waals surface area contributed by atoms with Gasteiger partial charge in [0.2, 0.25) is 5.01 Å². The van der Waals surface area contributed by atoms with Crippen LogP contribution < -0.4 is 5.32 Å². The molecule has 0 saturated carbocycles. The number of rotatable bonds is 3. The molecule has 0 saturated heterocycles. The number of aryl methyl sites for hydroxylation is 2.